The lowest BCUT2D eigenvalue weighted by Crippen LogP contribution is -2.31. The van der Waals surface area contributed by atoms with Crippen LogP contribution in [0.25, 0.3) is 22.8 Å². The highest BCUT2D eigenvalue weighted by Gasteiger charge is 2.29. The number of aryl methyl sites for hydroxylation is 1. The van der Waals surface area contributed by atoms with Crippen molar-refractivity contribution in [3.05, 3.63) is 76.9 Å². The van der Waals surface area contributed by atoms with Crippen LogP contribution in [0.1, 0.15) is 27.3 Å². The van der Waals surface area contributed by atoms with Crippen LogP contribution in [0.5, 0.6) is 0 Å². The minimum Gasteiger partial charge on any atom is -0.358 e. The Hall–Kier alpha value is -3.71. The molecule has 2 aromatic carbocycles. The first-order valence-corrected chi connectivity index (χ1v) is 10.4. The maximum Gasteiger partial charge on any atom is 0.256 e. The summed E-state index contributed by atoms with van der Waals surface area (Å²) in [6, 6.07) is 13.6. The third-order valence-corrected chi connectivity index (χ3v) is 5.35. The fraction of sp³-hybridized carbons (Fsp3) is 0.200. The second-order valence-corrected chi connectivity index (χ2v) is 8.06. The standard InChI is InChI=1S/C25H25FN4O2/c1-15-13-18(24(31)27-11-12-30(2)3)22(28-15)14-19-23-17(16-7-4-5-9-20(16)26)8-6-10-21(23)29-25(19)32/h4-10,13-14,28H,11-12H2,1-3H3,(H,27,31)(H,29,32)/b19-14-. The number of aromatic nitrogens is 1. The SMILES string of the molecule is Cc1cc(C(=O)NCCN(C)C)c(/C=C2\C(=O)Nc3cccc(-c4ccccc4F)c32)[nH]1. The van der Waals surface area contributed by atoms with Gasteiger partial charge in [0.05, 0.1) is 16.8 Å². The minimum atomic E-state index is -0.365. The van der Waals surface area contributed by atoms with Crippen molar-refractivity contribution < 1.29 is 14.0 Å². The number of fused-ring (bicyclic) bond motifs is 1. The van der Waals surface area contributed by atoms with Gasteiger partial charge in [-0.2, -0.15) is 0 Å². The van der Waals surface area contributed by atoms with Crippen molar-refractivity contribution in [1.29, 1.82) is 0 Å². The summed E-state index contributed by atoms with van der Waals surface area (Å²) >= 11 is 0. The van der Waals surface area contributed by atoms with Crippen LogP contribution in [0.3, 0.4) is 0 Å². The zero-order chi connectivity index (χ0) is 22.8. The Kier molecular flexibility index (Phi) is 5.92. The van der Waals surface area contributed by atoms with Gasteiger partial charge in [-0.3, -0.25) is 9.59 Å². The van der Waals surface area contributed by atoms with Crippen LogP contribution in [0.2, 0.25) is 0 Å². The largest absolute Gasteiger partial charge is 0.358 e. The first-order valence-electron chi connectivity index (χ1n) is 10.4. The molecule has 0 aliphatic carbocycles. The number of halogens is 1. The van der Waals surface area contributed by atoms with Gasteiger partial charge in [0, 0.05) is 35.6 Å². The van der Waals surface area contributed by atoms with Crippen LogP contribution in [-0.4, -0.2) is 48.9 Å². The van der Waals surface area contributed by atoms with E-state index in [4.69, 9.17) is 0 Å². The van der Waals surface area contributed by atoms with E-state index < -0.39 is 0 Å². The molecule has 0 atom stereocenters. The molecular formula is C25H25FN4O2. The first kappa shape index (κ1) is 21.5. The lowest BCUT2D eigenvalue weighted by Gasteiger charge is -2.11. The summed E-state index contributed by atoms with van der Waals surface area (Å²) in [6.45, 7) is 3.08. The third-order valence-electron chi connectivity index (χ3n) is 5.35. The zero-order valence-electron chi connectivity index (χ0n) is 18.3. The summed E-state index contributed by atoms with van der Waals surface area (Å²) in [5.41, 5.74) is 4.43. The molecule has 0 saturated carbocycles. The van der Waals surface area contributed by atoms with Gasteiger partial charge >= 0.3 is 0 Å². The number of aromatic amines is 1. The summed E-state index contributed by atoms with van der Waals surface area (Å²) in [7, 11) is 3.87. The van der Waals surface area contributed by atoms with E-state index in [0.717, 1.165) is 5.69 Å². The summed E-state index contributed by atoms with van der Waals surface area (Å²) in [5, 5.41) is 5.75. The second-order valence-electron chi connectivity index (χ2n) is 8.06. The van der Waals surface area contributed by atoms with Crippen molar-refractivity contribution in [1.82, 2.24) is 15.2 Å². The van der Waals surface area contributed by atoms with Gasteiger partial charge in [0.15, 0.2) is 0 Å². The van der Waals surface area contributed by atoms with Crippen molar-refractivity contribution in [2.75, 3.05) is 32.5 Å². The Bertz CT molecular complexity index is 1230. The van der Waals surface area contributed by atoms with Crippen molar-refractivity contribution >= 4 is 29.2 Å². The molecule has 1 aliphatic rings. The molecule has 0 saturated heterocycles. The smallest absolute Gasteiger partial charge is 0.256 e. The van der Waals surface area contributed by atoms with Crippen LogP contribution in [0.4, 0.5) is 10.1 Å². The quantitative estimate of drug-likeness (QED) is 0.517. The number of likely N-dealkylation sites (N-methyl/N-ethyl adjacent to an activating group) is 1. The fourth-order valence-electron chi connectivity index (χ4n) is 3.84. The molecule has 0 spiro atoms. The number of hydrogen-bond acceptors (Lipinski definition) is 3. The van der Waals surface area contributed by atoms with Gasteiger partial charge in [0.2, 0.25) is 0 Å². The molecule has 4 rings (SSSR count). The number of benzene rings is 2. The van der Waals surface area contributed by atoms with E-state index in [-0.39, 0.29) is 17.6 Å². The highest BCUT2D eigenvalue weighted by atomic mass is 19.1. The molecule has 7 heteroatoms. The molecule has 3 aromatic rings. The van der Waals surface area contributed by atoms with Gasteiger partial charge in [0.1, 0.15) is 5.82 Å². The molecule has 32 heavy (non-hydrogen) atoms. The van der Waals surface area contributed by atoms with Gasteiger partial charge < -0.3 is 20.5 Å². The van der Waals surface area contributed by atoms with E-state index in [0.29, 0.717) is 52.3 Å². The zero-order valence-corrected chi connectivity index (χ0v) is 18.3. The van der Waals surface area contributed by atoms with E-state index in [1.807, 2.05) is 25.9 Å². The van der Waals surface area contributed by atoms with E-state index >= 15 is 0 Å². The molecule has 164 valence electrons. The highest BCUT2D eigenvalue weighted by molar-refractivity contribution is 6.36. The number of anilines is 1. The van der Waals surface area contributed by atoms with Crippen molar-refractivity contribution in [2.24, 2.45) is 0 Å². The number of nitrogens with zero attached hydrogens (tertiary/aromatic N) is 1. The normalized spacial score (nSPS) is 14.0. The van der Waals surface area contributed by atoms with Crippen LogP contribution < -0.4 is 10.6 Å². The molecular weight excluding hydrogens is 407 g/mol. The van der Waals surface area contributed by atoms with E-state index in [1.54, 1.807) is 48.5 Å². The highest BCUT2D eigenvalue weighted by Crippen LogP contribution is 2.41. The third kappa shape index (κ3) is 4.20. The van der Waals surface area contributed by atoms with Gasteiger partial charge in [0.25, 0.3) is 11.8 Å². The topological polar surface area (TPSA) is 77.2 Å². The van der Waals surface area contributed by atoms with Crippen LogP contribution >= 0.6 is 0 Å². The van der Waals surface area contributed by atoms with Gasteiger partial charge in [-0.15, -0.1) is 0 Å². The average Bonchev–Trinajstić information content (AvgIpc) is 3.27. The number of carbonyl (C=O) groups excluding carboxylic acids is 2. The maximum atomic E-state index is 14.6. The van der Waals surface area contributed by atoms with Crippen LogP contribution in [0, 0.1) is 12.7 Å². The van der Waals surface area contributed by atoms with E-state index in [1.165, 1.54) is 6.07 Å². The number of nitrogens with one attached hydrogen (secondary N) is 3. The Morgan fingerprint density at radius 1 is 1.12 bits per heavy atom. The van der Waals surface area contributed by atoms with Crippen LogP contribution in [0.15, 0.2) is 48.5 Å². The van der Waals surface area contributed by atoms with Crippen molar-refractivity contribution in [2.45, 2.75) is 6.92 Å². The minimum absolute atomic E-state index is 0.218. The molecule has 1 aliphatic heterocycles. The fourth-order valence-corrected chi connectivity index (χ4v) is 3.84. The maximum absolute atomic E-state index is 14.6. The van der Waals surface area contributed by atoms with Gasteiger partial charge in [-0.1, -0.05) is 30.3 Å². The average molecular weight is 432 g/mol. The lowest BCUT2D eigenvalue weighted by atomic mass is 9.94. The van der Waals surface area contributed by atoms with Crippen LogP contribution in [-0.2, 0) is 4.79 Å². The summed E-state index contributed by atoms with van der Waals surface area (Å²) < 4.78 is 14.6. The number of carbonyl (C=O) groups is 2. The Balaban J connectivity index is 1.76. The summed E-state index contributed by atoms with van der Waals surface area (Å²) in [4.78, 5) is 30.8. The molecule has 6 nitrogen and oxygen atoms in total. The molecule has 0 radical (unpaired) electrons. The van der Waals surface area contributed by atoms with Crippen molar-refractivity contribution in [3.8, 4) is 11.1 Å². The number of H-pyrrole nitrogens is 1. The summed E-state index contributed by atoms with van der Waals surface area (Å²) in [6.07, 6.45) is 1.67. The van der Waals surface area contributed by atoms with Gasteiger partial charge in [-0.25, -0.2) is 4.39 Å². The molecule has 2 heterocycles. The Labute approximate surface area is 186 Å². The second kappa shape index (κ2) is 8.80. The molecule has 3 N–H and O–H groups in total. The van der Waals surface area contributed by atoms with E-state index in [2.05, 4.69) is 15.6 Å². The summed E-state index contributed by atoms with van der Waals surface area (Å²) in [5.74, 6) is -0.879. The molecule has 1 aromatic heterocycles. The number of rotatable bonds is 6. The molecule has 0 bridgehead atoms. The number of hydrogen-bond donors (Lipinski definition) is 3. The molecule has 0 fully saturated rings. The van der Waals surface area contributed by atoms with Gasteiger partial charge in [-0.05, 0) is 50.9 Å². The molecule has 2 amide bonds. The van der Waals surface area contributed by atoms with Crippen molar-refractivity contribution in [3.63, 3.8) is 0 Å². The Morgan fingerprint density at radius 2 is 1.88 bits per heavy atom. The predicted molar refractivity (Wildman–Crippen MR) is 125 cm³/mol. The molecule has 0 unspecified atom stereocenters. The first-order chi connectivity index (χ1) is 15.3. The monoisotopic (exact) mass is 432 g/mol. The lowest BCUT2D eigenvalue weighted by molar-refractivity contribution is -0.110. The number of amides is 2. The van der Waals surface area contributed by atoms with E-state index in [9.17, 15) is 14.0 Å². The predicted octanol–water partition coefficient (Wildman–Crippen LogP) is 3.91. The Morgan fingerprint density at radius 3 is 2.62 bits per heavy atom.